The van der Waals surface area contributed by atoms with E-state index < -0.39 is 0 Å². The second kappa shape index (κ2) is 9.15. The number of aryl methyl sites for hydroxylation is 2. The van der Waals surface area contributed by atoms with Gasteiger partial charge in [-0.2, -0.15) is 0 Å². The lowest BCUT2D eigenvalue weighted by Gasteiger charge is -2.13. The van der Waals surface area contributed by atoms with E-state index in [0.29, 0.717) is 5.13 Å². The Morgan fingerprint density at radius 2 is 1.81 bits per heavy atom. The van der Waals surface area contributed by atoms with E-state index in [1.165, 1.54) is 28.0 Å². The van der Waals surface area contributed by atoms with Gasteiger partial charge in [-0.25, -0.2) is 0 Å². The van der Waals surface area contributed by atoms with Crippen LogP contribution in [0.15, 0.2) is 52.9 Å². The summed E-state index contributed by atoms with van der Waals surface area (Å²) in [7, 11) is 0. The van der Waals surface area contributed by atoms with Crippen LogP contribution in [0.5, 0.6) is 0 Å². The van der Waals surface area contributed by atoms with Crippen molar-refractivity contribution in [2.24, 2.45) is 0 Å². The summed E-state index contributed by atoms with van der Waals surface area (Å²) in [5.74, 6) is 0.624. The fraction of sp³-hybridized carbons (Fsp3) is 0.286. The average Bonchev–Trinajstić information content (AvgIpc) is 3.08. The van der Waals surface area contributed by atoms with Gasteiger partial charge in [-0.3, -0.25) is 10.1 Å². The fourth-order valence-corrected chi connectivity index (χ4v) is 4.75. The summed E-state index contributed by atoms with van der Waals surface area (Å²) in [4.78, 5) is 12.6. The molecule has 3 aromatic rings. The van der Waals surface area contributed by atoms with E-state index in [9.17, 15) is 4.79 Å². The second-order valence-corrected chi connectivity index (χ2v) is 8.72. The number of aromatic nitrogens is 2. The molecule has 0 saturated heterocycles. The van der Waals surface area contributed by atoms with E-state index in [1.54, 1.807) is 11.8 Å². The lowest BCUT2D eigenvalue weighted by atomic mass is 9.96. The predicted octanol–water partition coefficient (Wildman–Crippen LogP) is 5.58. The molecule has 3 rings (SSSR count). The molecule has 0 aliphatic carbocycles. The summed E-state index contributed by atoms with van der Waals surface area (Å²) < 4.78 is 0.859. The number of benzene rings is 2. The van der Waals surface area contributed by atoms with Gasteiger partial charge in [-0.15, -0.1) is 10.2 Å². The van der Waals surface area contributed by atoms with Crippen molar-refractivity contribution in [3.05, 3.63) is 70.8 Å². The third kappa shape index (κ3) is 5.40. The maximum Gasteiger partial charge on any atom is 0.233 e. The molecule has 1 N–H and O–H groups in total. The number of hydrogen-bond donors (Lipinski definition) is 1. The largest absolute Gasteiger partial charge is 0.300 e. The minimum atomic E-state index is -0.179. The zero-order valence-corrected chi connectivity index (χ0v) is 17.4. The maximum absolute atomic E-state index is 12.6. The van der Waals surface area contributed by atoms with Crippen LogP contribution in [0, 0.1) is 13.8 Å². The normalized spacial score (nSPS) is 12.0. The number of carbonyl (C=O) groups is 1. The molecular weight excluding hydrogens is 374 g/mol. The van der Waals surface area contributed by atoms with Gasteiger partial charge in [0.2, 0.25) is 11.0 Å². The Kier molecular flexibility index (Phi) is 6.63. The van der Waals surface area contributed by atoms with Crippen LogP contribution in [0.4, 0.5) is 5.13 Å². The highest BCUT2D eigenvalue weighted by Crippen LogP contribution is 2.30. The van der Waals surface area contributed by atoms with Crippen LogP contribution in [0.3, 0.4) is 0 Å². The summed E-state index contributed by atoms with van der Waals surface area (Å²) in [5.41, 5.74) is 4.82. The van der Waals surface area contributed by atoms with Crippen molar-refractivity contribution >= 4 is 34.1 Å². The Hall–Kier alpha value is -2.18. The van der Waals surface area contributed by atoms with Gasteiger partial charge in [0.1, 0.15) is 0 Å². The number of hydrogen-bond acceptors (Lipinski definition) is 5. The molecule has 1 heterocycles. The Morgan fingerprint density at radius 3 is 2.48 bits per heavy atom. The number of rotatable bonds is 7. The molecule has 1 atom stereocenters. The number of anilines is 1. The highest BCUT2D eigenvalue weighted by atomic mass is 32.2. The minimum Gasteiger partial charge on any atom is -0.300 e. The van der Waals surface area contributed by atoms with E-state index in [2.05, 4.69) is 47.6 Å². The van der Waals surface area contributed by atoms with Gasteiger partial charge >= 0.3 is 0 Å². The van der Waals surface area contributed by atoms with Gasteiger partial charge in [0, 0.05) is 5.75 Å². The van der Waals surface area contributed by atoms with Crippen molar-refractivity contribution in [1.82, 2.24) is 10.2 Å². The van der Waals surface area contributed by atoms with Crippen LogP contribution in [0.25, 0.3) is 0 Å². The van der Waals surface area contributed by atoms with Crippen molar-refractivity contribution in [3.63, 3.8) is 0 Å². The molecule has 4 nitrogen and oxygen atoms in total. The molecule has 0 aliphatic rings. The Balaban J connectivity index is 1.61. The molecule has 0 saturated carbocycles. The van der Waals surface area contributed by atoms with Gasteiger partial charge < -0.3 is 0 Å². The Labute approximate surface area is 168 Å². The molecule has 27 heavy (non-hydrogen) atoms. The standard InChI is InChI=1S/C21H23N3OS2/c1-4-18(17-8-6-5-7-9-17)19(25)22-20-23-24-21(27-20)26-13-16-11-14(2)10-15(3)12-16/h5-12,18H,4,13H2,1-3H3,(H,22,23,25). The van der Waals surface area contributed by atoms with Gasteiger partial charge in [0.25, 0.3) is 0 Å². The van der Waals surface area contributed by atoms with E-state index >= 15 is 0 Å². The molecule has 0 aliphatic heterocycles. The summed E-state index contributed by atoms with van der Waals surface area (Å²) in [6, 6.07) is 16.4. The van der Waals surface area contributed by atoms with Crippen LogP contribution in [0.2, 0.25) is 0 Å². The summed E-state index contributed by atoms with van der Waals surface area (Å²) in [5, 5.41) is 11.8. The molecule has 2 aromatic carbocycles. The minimum absolute atomic E-state index is 0.0364. The number of thioether (sulfide) groups is 1. The zero-order valence-electron chi connectivity index (χ0n) is 15.7. The quantitative estimate of drug-likeness (QED) is 0.418. The van der Waals surface area contributed by atoms with E-state index in [-0.39, 0.29) is 11.8 Å². The van der Waals surface area contributed by atoms with Crippen LogP contribution in [-0.4, -0.2) is 16.1 Å². The summed E-state index contributed by atoms with van der Waals surface area (Å²) in [6.07, 6.45) is 0.739. The molecule has 6 heteroatoms. The average molecular weight is 398 g/mol. The third-order valence-corrected chi connectivity index (χ3v) is 6.25. The lowest BCUT2D eigenvalue weighted by molar-refractivity contribution is -0.117. The number of carbonyl (C=O) groups excluding carboxylic acids is 1. The molecule has 1 unspecified atom stereocenters. The third-order valence-electron chi connectivity index (χ3n) is 4.21. The van der Waals surface area contributed by atoms with Crippen molar-refractivity contribution in [2.75, 3.05) is 5.32 Å². The summed E-state index contributed by atoms with van der Waals surface area (Å²) >= 11 is 3.06. The lowest BCUT2D eigenvalue weighted by Crippen LogP contribution is -2.20. The van der Waals surface area contributed by atoms with E-state index in [4.69, 9.17) is 0 Å². The Morgan fingerprint density at radius 1 is 1.11 bits per heavy atom. The molecule has 0 fully saturated rings. The van der Waals surface area contributed by atoms with Gasteiger partial charge in [0.05, 0.1) is 5.92 Å². The van der Waals surface area contributed by atoms with E-state index in [1.807, 2.05) is 37.3 Å². The zero-order chi connectivity index (χ0) is 19.2. The van der Waals surface area contributed by atoms with Gasteiger partial charge in [-0.05, 0) is 31.4 Å². The first-order chi connectivity index (χ1) is 13.0. The number of nitrogens with one attached hydrogen (secondary N) is 1. The van der Waals surface area contributed by atoms with Crippen LogP contribution >= 0.6 is 23.1 Å². The van der Waals surface area contributed by atoms with Crippen LogP contribution in [-0.2, 0) is 10.5 Å². The molecule has 140 valence electrons. The number of nitrogens with zero attached hydrogens (tertiary/aromatic N) is 2. The molecule has 0 radical (unpaired) electrons. The first-order valence-electron chi connectivity index (χ1n) is 8.94. The van der Waals surface area contributed by atoms with Crippen LogP contribution < -0.4 is 5.32 Å². The van der Waals surface area contributed by atoms with Crippen molar-refractivity contribution in [1.29, 1.82) is 0 Å². The van der Waals surface area contributed by atoms with Gasteiger partial charge in [-0.1, -0.05) is 89.7 Å². The topological polar surface area (TPSA) is 54.9 Å². The summed E-state index contributed by atoms with van der Waals surface area (Å²) in [6.45, 7) is 6.23. The maximum atomic E-state index is 12.6. The molecule has 0 spiro atoms. The predicted molar refractivity (Wildman–Crippen MR) is 113 cm³/mol. The van der Waals surface area contributed by atoms with Crippen LogP contribution in [0.1, 0.15) is 41.5 Å². The molecular formula is C21H23N3OS2. The molecule has 0 bridgehead atoms. The van der Waals surface area contributed by atoms with Crippen molar-refractivity contribution in [2.45, 2.75) is 43.2 Å². The molecule has 1 amide bonds. The van der Waals surface area contributed by atoms with E-state index in [0.717, 1.165) is 22.1 Å². The highest BCUT2D eigenvalue weighted by molar-refractivity contribution is 8.00. The van der Waals surface area contributed by atoms with Crippen molar-refractivity contribution < 1.29 is 4.79 Å². The van der Waals surface area contributed by atoms with Crippen molar-refractivity contribution in [3.8, 4) is 0 Å². The van der Waals surface area contributed by atoms with Gasteiger partial charge in [0.15, 0.2) is 4.34 Å². The Bertz CT molecular complexity index is 889. The second-order valence-electron chi connectivity index (χ2n) is 6.52. The molecule has 1 aromatic heterocycles. The first kappa shape index (κ1) is 19.6. The first-order valence-corrected chi connectivity index (χ1v) is 10.7. The SMILES string of the molecule is CCC(C(=O)Nc1nnc(SCc2cc(C)cc(C)c2)s1)c1ccccc1. The monoisotopic (exact) mass is 397 g/mol. The fourth-order valence-electron chi connectivity index (χ4n) is 3.07. The number of amides is 1. The smallest absolute Gasteiger partial charge is 0.233 e. The highest BCUT2D eigenvalue weighted by Gasteiger charge is 2.20.